The Kier molecular flexibility index (Phi) is 6.87. The molecule has 0 radical (unpaired) electrons. The van der Waals surface area contributed by atoms with Gasteiger partial charge in [-0.15, -0.1) is 0 Å². The van der Waals surface area contributed by atoms with Crippen LogP contribution in [0, 0.1) is 11.3 Å². The minimum Gasteiger partial charge on any atom is -0.456 e. The summed E-state index contributed by atoms with van der Waals surface area (Å²) in [5.74, 6) is 0. The summed E-state index contributed by atoms with van der Waals surface area (Å²) in [4.78, 5) is 0. The fourth-order valence-corrected chi connectivity index (χ4v) is 7.77. The predicted octanol–water partition coefficient (Wildman–Crippen LogP) is 13.7. The number of furan rings is 2. The Hall–Kier alpha value is -7.15. The Balaban J connectivity index is 1.30. The van der Waals surface area contributed by atoms with Gasteiger partial charge in [0.25, 0.3) is 0 Å². The zero-order chi connectivity index (χ0) is 34.6. The minimum atomic E-state index is 0.640. The highest BCUT2D eigenvalue weighted by atomic mass is 16.3. The summed E-state index contributed by atoms with van der Waals surface area (Å²) in [7, 11) is 0. The highest BCUT2D eigenvalue weighted by Crippen LogP contribution is 2.45. The molecule has 0 saturated carbocycles. The molecule has 10 aromatic rings. The van der Waals surface area contributed by atoms with Crippen LogP contribution in [0.1, 0.15) is 5.56 Å². The van der Waals surface area contributed by atoms with Crippen molar-refractivity contribution in [1.29, 1.82) is 5.26 Å². The lowest BCUT2D eigenvalue weighted by Crippen LogP contribution is -1.92. The predicted molar refractivity (Wildman–Crippen MR) is 213 cm³/mol. The van der Waals surface area contributed by atoms with Gasteiger partial charge in [0, 0.05) is 21.5 Å². The second-order valence-electron chi connectivity index (χ2n) is 13.1. The maximum atomic E-state index is 10.2. The van der Waals surface area contributed by atoms with Crippen molar-refractivity contribution in [3.63, 3.8) is 0 Å². The van der Waals surface area contributed by atoms with E-state index in [1.54, 1.807) is 0 Å². The summed E-state index contributed by atoms with van der Waals surface area (Å²) in [6.07, 6.45) is 0. The summed E-state index contributed by atoms with van der Waals surface area (Å²) in [6.45, 7) is 0. The second-order valence-corrected chi connectivity index (χ2v) is 13.1. The van der Waals surface area contributed by atoms with Crippen LogP contribution in [-0.4, -0.2) is 0 Å². The summed E-state index contributed by atoms with van der Waals surface area (Å²) < 4.78 is 12.7. The van der Waals surface area contributed by atoms with Crippen LogP contribution in [0.25, 0.3) is 99.5 Å². The monoisotopic (exact) mass is 663 g/mol. The molecule has 242 valence electrons. The fraction of sp³-hybridized carbons (Fsp3) is 0. The van der Waals surface area contributed by atoms with Crippen LogP contribution < -0.4 is 0 Å². The molecule has 0 aliphatic carbocycles. The van der Waals surface area contributed by atoms with Gasteiger partial charge in [0.1, 0.15) is 22.3 Å². The third-order valence-electron chi connectivity index (χ3n) is 10.1. The number of nitriles is 1. The lowest BCUT2D eigenvalue weighted by Gasteiger charge is -2.17. The van der Waals surface area contributed by atoms with Crippen molar-refractivity contribution in [2.75, 3.05) is 0 Å². The molecular formula is C49H29NO2. The van der Waals surface area contributed by atoms with Crippen LogP contribution in [0.15, 0.2) is 185 Å². The number of fused-ring (bicyclic) bond motifs is 6. The highest BCUT2D eigenvalue weighted by molar-refractivity contribution is 6.15. The Labute approximate surface area is 300 Å². The molecule has 0 bridgehead atoms. The van der Waals surface area contributed by atoms with E-state index < -0.39 is 0 Å². The van der Waals surface area contributed by atoms with Gasteiger partial charge < -0.3 is 8.83 Å². The van der Waals surface area contributed by atoms with E-state index in [1.165, 1.54) is 0 Å². The summed E-state index contributed by atoms with van der Waals surface area (Å²) in [5, 5.41) is 14.5. The van der Waals surface area contributed by atoms with E-state index in [0.29, 0.717) is 5.56 Å². The topological polar surface area (TPSA) is 50.1 Å². The van der Waals surface area contributed by atoms with E-state index >= 15 is 0 Å². The average Bonchev–Trinajstić information content (AvgIpc) is 3.79. The maximum absolute atomic E-state index is 10.2. The van der Waals surface area contributed by atoms with E-state index in [0.717, 1.165) is 99.5 Å². The molecule has 2 heterocycles. The molecule has 0 aliphatic rings. The third-order valence-corrected chi connectivity index (χ3v) is 10.1. The van der Waals surface area contributed by atoms with E-state index in [1.807, 2.05) is 66.7 Å². The van der Waals surface area contributed by atoms with E-state index in [4.69, 9.17) is 8.83 Å². The van der Waals surface area contributed by atoms with Crippen molar-refractivity contribution in [3.8, 4) is 61.7 Å². The van der Waals surface area contributed by atoms with Crippen LogP contribution >= 0.6 is 0 Å². The first-order valence-corrected chi connectivity index (χ1v) is 17.4. The molecule has 0 saturated heterocycles. The zero-order valence-corrected chi connectivity index (χ0v) is 28.0. The molecule has 0 atom stereocenters. The smallest absolute Gasteiger partial charge is 0.136 e. The molecular weight excluding hydrogens is 635 g/mol. The summed E-state index contributed by atoms with van der Waals surface area (Å²) in [5.41, 5.74) is 14.7. The Morgan fingerprint density at radius 3 is 1.58 bits per heavy atom. The van der Waals surface area contributed by atoms with Crippen LogP contribution in [-0.2, 0) is 0 Å². The van der Waals surface area contributed by atoms with E-state index in [-0.39, 0.29) is 0 Å². The quantitative estimate of drug-likeness (QED) is 0.184. The molecule has 0 fully saturated rings. The van der Waals surface area contributed by atoms with Gasteiger partial charge in [-0.2, -0.15) is 5.26 Å². The number of hydrogen-bond acceptors (Lipinski definition) is 3. The second kappa shape index (κ2) is 12.0. The first kappa shape index (κ1) is 29.7. The minimum absolute atomic E-state index is 0.640. The van der Waals surface area contributed by atoms with Gasteiger partial charge in [0.05, 0.1) is 11.6 Å². The van der Waals surface area contributed by atoms with E-state index in [9.17, 15) is 5.26 Å². The number of para-hydroxylation sites is 2. The largest absolute Gasteiger partial charge is 0.456 e. The molecule has 3 nitrogen and oxygen atoms in total. The van der Waals surface area contributed by atoms with Gasteiger partial charge in [-0.25, -0.2) is 0 Å². The van der Waals surface area contributed by atoms with Crippen molar-refractivity contribution in [2.45, 2.75) is 0 Å². The van der Waals surface area contributed by atoms with Gasteiger partial charge in [-0.3, -0.25) is 0 Å². The van der Waals surface area contributed by atoms with E-state index in [2.05, 4.69) is 115 Å². The molecule has 8 aromatic carbocycles. The fourth-order valence-electron chi connectivity index (χ4n) is 7.77. The lowest BCUT2D eigenvalue weighted by molar-refractivity contribution is 0.668. The number of rotatable bonds is 5. The Bertz CT molecular complexity index is 3030. The van der Waals surface area contributed by atoms with Gasteiger partial charge in [-0.05, 0) is 110 Å². The van der Waals surface area contributed by atoms with Crippen molar-refractivity contribution in [2.24, 2.45) is 0 Å². The molecule has 0 aliphatic heterocycles. The van der Waals surface area contributed by atoms with Gasteiger partial charge in [-0.1, -0.05) is 121 Å². The van der Waals surface area contributed by atoms with Crippen molar-refractivity contribution in [1.82, 2.24) is 0 Å². The number of nitrogens with zero attached hydrogens (tertiary/aromatic N) is 1. The highest BCUT2D eigenvalue weighted by Gasteiger charge is 2.20. The van der Waals surface area contributed by atoms with Crippen molar-refractivity contribution < 1.29 is 8.83 Å². The molecule has 3 heteroatoms. The van der Waals surface area contributed by atoms with Gasteiger partial charge in [0.15, 0.2) is 0 Å². The molecule has 0 amide bonds. The Morgan fingerprint density at radius 1 is 0.327 bits per heavy atom. The Morgan fingerprint density at radius 2 is 0.865 bits per heavy atom. The standard InChI is InChI=1S/C49H29NO2/c50-30-33-14-4-5-15-37(33)35-26-34(31-12-2-1-3-13-31)27-36(28-35)43-29-32(38-18-10-22-46-48(38)41-16-6-8-20-44(41)51-46)24-25-39(43)40-19-11-23-47-49(40)42-17-7-9-21-45(42)52-47/h1-29H. The molecule has 52 heavy (non-hydrogen) atoms. The third kappa shape index (κ3) is 4.81. The summed E-state index contributed by atoms with van der Waals surface area (Å²) in [6, 6.07) is 63.3. The first-order valence-electron chi connectivity index (χ1n) is 17.4. The van der Waals surface area contributed by atoms with Crippen molar-refractivity contribution >= 4 is 43.9 Å². The van der Waals surface area contributed by atoms with Crippen LogP contribution in [0.3, 0.4) is 0 Å². The molecule has 10 rings (SSSR count). The van der Waals surface area contributed by atoms with Crippen LogP contribution in [0.4, 0.5) is 0 Å². The van der Waals surface area contributed by atoms with Crippen molar-refractivity contribution in [3.05, 3.63) is 181 Å². The maximum Gasteiger partial charge on any atom is 0.136 e. The SMILES string of the molecule is N#Cc1ccccc1-c1cc(-c2ccccc2)cc(-c2cc(-c3cccc4oc5ccccc5c34)ccc2-c2cccc3oc4ccccc4c23)c1. The van der Waals surface area contributed by atoms with Gasteiger partial charge >= 0.3 is 0 Å². The number of hydrogen-bond donors (Lipinski definition) is 0. The lowest BCUT2D eigenvalue weighted by atomic mass is 9.86. The molecule has 0 spiro atoms. The zero-order valence-electron chi connectivity index (χ0n) is 28.0. The normalized spacial score (nSPS) is 11.4. The molecule has 0 N–H and O–H groups in total. The molecule has 0 unspecified atom stereocenters. The van der Waals surface area contributed by atoms with Crippen LogP contribution in [0.5, 0.6) is 0 Å². The average molecular weight is 664 g/mol. The number of benzene rings is 8. The molecule has 2 aromatic heterocycles. The summed E-state index contributed by atoms with van der Waals surface area (Å²) >= 11 is 0. The first-order chi connectivity index (χ1) is 25.7. The van der Waals surface area contributed by atoms with Gasteiger partial charge in [0.2, 0.25) is 0 Å². The van der Waals surface area contributed by atoms with Crippen LogP contribution in [0.2, 0.25) is 0 Å².